The monoisotopic (exact) mass is 278 g/mol. The van der Waals surface area contributed by atoms with Gasteiger partial charge < -0.3 is 9.47 Å². The minimum Gasteiger partial charge on any atom is -0.465 e. The van der Waals surface area contributed by atoms with Crippen molar-refractivity contribution >= 4 is 17.6 Å². The van der Waals surface area contributed by atoms with E-state index in [4.69, 9.17) is 11.6 Å². The van der Waals surface area contributed by atoms with Crippen LogP contribution in [-0.4, -0.2) is 25.6 Å². The van der Waals surface area contributed by atoms with Crippen molar-refractivity contribution in [1.29, 1.82) is 0 Å². The van der Waals surface area contributed by atoms with Crippen LogP contribution in [0.3, 0.4) is 0 Å². The first-order valence-electron chi connectivity index (χ1n) is 5.31. The summed E-state index contributed by atoms with van der Waals surface area (Å²) in [5.41, 5.74) is 0.503. The highest BCUT2D eigenvalue weighted by atomic mass is 35.5. The number of halogens is 3. The SMILES string of the molecule is COC(=O)c1cccc(CCCCl)c1OC(F)F. The summed E-state index contributed by atoms with van der Waals surface area (Å²) in [5.74, 6) is -0.445. The van der Waals surface area contributed by atoms with Crippen LogP contribution < -0.4 is 4.74 Å². The number of aryl methyl sites for hydroxylation is 1. The Morgan fingerprint density at radius 1 is 1.44 bits per heavy atom. The number of ether oxygens (including phenoxy) is 2. The lowest BCUT2D eigenvalue weighted by Crippen LogP contribution is -2.11. The average Bonchev–Trinajstić information content (AvgIpc) is 2.36. The van der Waals surface area contributed by atoms with Crippen molar-refractivity contribution in [2.24, 2.45) is 0 Å². The third-order valence-electron chi connectivity index (χ3n) is 2.29. The van der Waals surface area contributed by atoms with Crippen molar-refractivity contribution < 1.29 is 23.0 Å². The lowest BCUT2D eigenvalue weighted by atomic mass is 10.0. The second-order valence-electron chi connectivity index (χ2n) is 3.46. The standard InChI is InChI=1S/C12H13ClF2O3/c1-17-11(16)9-6-2-4-8(5-3-7-13)10(9)18-12(14)15/h2,4,6,12H,3,5,7H2,1H3. The van der Waals surface area contributed by atoms with Crippen LogP contribution in [0.15, 0.2) is 18.2 Å². The fourth-order valence-corrected chi connectivity index (χ4v) is 1.67. The Labute approximate surface area is 109 Å². The van der Waals surface area contributed by atoms with Gasteiger partial charge in [-0.1, -0.05) is 12.1 Å². The summed E-state index contributed by atoms with van der Waals surface area (Å²) in [6.45, 7) is -2.99. The van der Waals surface area contributed by atoms with E-state index in [1.165, 1.54) is 13.2 Å². The maximum Gasteiger partial charge on any atom is 0.387 e. The van der Waals surface area contributed by atoms with Crippen LogP contribution in [0, 0.1) is 0 Å². The Kier molecular flexibility index (Phi) is 5.85. The molecule has 0 atom stereocenters. The van der Waals surface area contributed by atoms with Crippen molar-refractivity contribution in [2.75, 3.05) is 13.0 Å². The summed E-state index contributed by atoms with van der Waals surface area (Å²) in [4.78, 5) is 11.5. The summed E-state index contributed by atoms with van der Waals surface area (Å²) in [5, 5.41) is 0. The zero-order chi connectivity index (χ0) is 13.5. The Balaban J connectivity index is 3.12. The van der Waals surface area contributed by atoms with E-state index in [2.05, 4.69) is 9.47 Å². The molecular formula is C12H13ClF2O3. The topological polar surface area (TPSA) is 35.5 Å². The molecule has 100 valence electrons. The molecule has 6 heteroatoms. The zero-order valence-electron chi connectivity index (χ0n) is 9.79. The molecule has 0 spiro atoms. The van der Waals surface area contributed by atoms with Gasteiger partial charge in [0.2, 0.25) is 0 Å². The molecule has 3 nitrogen and oxygen atoms in total. The molecule has 0 aliphatic heterocycles. The van der Waals surface area contributed by atoms with E-state index in [9.17, 15) is 13.6 Å². The number of carbonyl (C=O) groups excluding carboxylic acids is 1. The van der Waals surface area contributed by atoms with Gasteiger partial charge in [-0.25, -0.2) is 4.79 Å². The molecule has 0 heterocycles. The van der Waals surface area contributed by atoms with Gasteiger partial charge in [-0.3, -0.25) is 0 Å². The predicted octanol–water partition coefficient (Wildman–Crippen LogP) is 3.25. The number of carbonyl (C=O) groups is 1. The number of para-hydroxylation sites is 1. The van der Waals surface area contributed by atoms with E-state index in [0.717, 1.165) is 0 Å². The van der Waals surface area contributed by atoms with Crippen LogP contribution in [-0.2, 0) is 11.2 Å². The van der Waals surface area contributed by atoms with E-state index in [-0.39, 0.29) is 11.3 Å². The molecule has 0 bridgehead atoms. The van der Waals surface area contributed by atoms with E-state index >= 15 is 0 Å². The molecule has 0 aliphatic carbocycles. The number of hydrogen-bond acceptors (Lipinski definition) is 3. The number of alkyl halides is 3. The minimum absolute atomic E-state index is 0.00938. The van der Waals surface area contributed by atoms with Crippen LogP contribution >= 0.6 is 11.6 Å². The molecule has 1 aromatic rings. The van der Waals surface area contributed by atoms with Crippen LogP contribution in [0.4, 0.5) is 8.78 Å². The summed E-state index contributed by atoms with van der Waals surface area (Å²) >= 11 is 5.56. The summed E-state index contributed by atoms with van der Waals surface area (Å²) in [7, 11) is 1.18. The maximum atomic E-state index is 12.4. The normalized spacial score (nSPS) is 10.5. The number of hydrogen-bond donors (Lipinski definition) is 0. The Hall–Kier alpha value is -1.36. The van der Waals surface area contributed by atoms with Crippen LogP contribution in [0.25, 0.3) is 0 Å². The minimum atomic E-state index is -2.99. The molecule has 0 fully saturated rings. The number of benzene rings is 1. The summed E-state index contributed by atoms with van der Waals surface area (Å²) in [6, 6.07) is 4.60. The van der Waals surface area contributed by atoms with Crippen molar-refractivity contribution in [3.05, 3.63) is 29.3 Å². The molecule has 0 N–H and O–H groups in total. The molecule has 0 unspecified atom stereocenters. The van der Waals surface area contributed by atoms with Gasteiger partial charge in [-0.15, -0.1) is 11.6 Å². The first-order chi connectivity index (χ1) is 8.60. The second kappa shape index (κ2) is 7.16. The quantitative estimate of drug-likeness (QED) is 0.592. The highest BCUT2D eigenvalue weighted by molar-refractivity contribution is 6.17. The fourth-order valence-electron chi connectivity index (χ4n) is 1.54. The summed E-state index contributed by atoms with van der Waals surface area (Å²) in [6.07, 6.45) is 1.06. The first kappa shape index (κ1) is 14.7. The maximum absolute atomic E-state index is 12.4. The predicted molar refractivity (Wildman–Crippen MR) is 63.5 cm³/mol. The molecule has 1 aromatic carbocycles. The van der Waals surface area contributed by atoms with Gasteiger partial charge in [0.1, 0.15) is 11.3 Å². The van der Waals surface area contributed by atoms with Gasteiger partial charge in [0.05, 0.1) is 7.11 Å². The largest absolute Gasteiger partial charge is 0.465 e. The molecular weight excluding hydrogens is 266 g/mol. The van der Waals surface area contributed by atoms with E-state index in [1.807, 2.05) is 0 Å². The van der Waals surface area contributed by atoms with Crippen molar-refractivity contribution in [1.82, 2.24) is 0 Å². The van der Waals surface area contributed by atoms with Crippen molar-refractivity contribution in [3.63, 3.8) is 0 Å². The Morgan fingerprint density at radius 2 is 2.17 bits per heavy atom. The number of rotatable bonds is 6. The first-order valence-corrected chi connectivity index (χ1v) is 5.84. The molecule has 1 rings (SSSR count). The Bertz CT molecular complexity index is 410. The molecule has 0 aliphatic rings. The molecule has 0 saturated heterocycles. The fraction of sp³-hybridized carbons (Fsp3) is 0.417. The zero-order valence-corrected chi connectivity index (χ0v) is 10.5. The third-order valence-corrected chi connectivity index (χ3v) is 2.56. The van der Waals surface area contributed by atoms with Crippen molar-refractivity contribution in [3.8, 4) is 5.75 Å². The second-order valence-corrected chi connectivity index (χ2v) is 3.83. The van der Waals surface area contributed by atoms with Gasteiger partial charge in [0.15, 0.2) is 0 Å². The molecule has 0 radical (unpaired) electrons. The van der Waals surface area contributed by atoms with Gasteiger partial charge in [0.25, 0.3) is 0 Å². The number of esters is 1. The molecule has 18 heavy (non-hydrogen) atoms. The molecule has 0 amide bonds. The summed E-state index contributed by atoms with van der Waals surface area (Å²) < 4.78 is 33.7. The Morgan fingerprint density at radius 3 is 2.72 bits per heavy atom. The van der Waals surface area contributed by atoms with E-state index < -0.39 is 12.6 Å². The van der Waals surface area contributed by atoms with Gasteiger partial charge >= 0.3 is 12.6 Å². The van der Waals surface area contributed by atoms with Crippen LogP contribution in [0.5, 0.6) is 5.75 Å². The lowest BCUT2D eigenvalue weighted by Gasteiger charge is -2.13. The van der Waals surface area contributed by atoms with Crippen molar-refractivity contribution in [2.45, 2.75) is 19.5 Å². The van der Waals surface area contributed by atoms with E-state index in [1.54, 1.807) is 12.1 Å². The smallest absolute Gasteiger partial charge is 0.387 e. The third kappa shape index (κ3) is 3.84. The van der Waals surface area contributed by atoms with Gasteiger partial charge in [-0.2, -0.15) is 8.78 Å². The van der Waals surface area contributed by atoms with Gasteiger partial charge in [-0.05, 0) is 24.5 Å². The highest BCUT2D eigenvalue weighted by Crippen LogP contribution is 2.27. The average molecular weight is 279 g/mol. The van der Waals surface area contributed by atoms with Crippen LogP contribution in [0.2, 0.25) is 0 Å². The van der Waals surface area contributed by atoms with Gasteiger partial charge in [0, 0.05) is 5.88 Å². The molecule has 0 aromatic heterocycles. The molecule has 0 saturated carbocycles. The highest BCUT2D eigenvalue weighted by Gasteiger charge is 2.19. The number of methoxy groups -OCH3 is 1. The van der Waals surface area contributed by atoms with E-state index in [0.29, 0.717) is 24.3 Å². The lowest BCUT2D eigenvalue weighted by molar-refractivity contribution is -0.0510. The van der Waals surface area contributed by atoms with Crippen LogP contribution in [0.1, 0.15) is 22.3 Å².